The summed E-state index contributed by atoms with van der Waals surface area (Å²) >= 11 is 3.17. The number of anilines is 1. The maximum Gasteiger partial charge on any atom is 0.337 e. The largest absolute Gasteiger partial charge is 0.505 e. The Kier molecular flexibility index (Phi) is 5.27. The fourth-order valence-corrected chi connectivity index (χ4v) is 2.90. The topological polar surface area (TPSA) is 122 Å². The van der Waals surface area contributed by atoms with Crippen LogP contribution < -0.4 is 10.9 Å². The second-order valence-corrected chi connectivity index (χ2v) is 6.83. The van der Waals surface area contributed by atoms with Gasteiger partial charge in [0.15, 0.2) is 11.4 Å². The minimum Gasteiger partial charge on any atom is -0.505 e. The van der Waals surface area contributed by atoms with Gasteiger partial charge in [-0.2, -0.15) is 9.78 Å². The minimum absolute atomic E-state index is 0.0233. The first kappa shape index (κ1) is 19.3. The van der Waals surface area contributed by atoms with Gasteiger partial charge in [0.25, 0.3) is 11.5 Å². The standard InChI is InChI=1S/C19H14BrN3O5/c1-10-3-2-4-12(7-10)23-16(25)9-15(24)17(22-23)18(26)21-14-6-5-11(20)8-13(14)19(27)28/h2-9,24H,1H3,(H,21,26)(H,27,28). The normalized spacial score (nSPS) is 10.5. The van der Waals surface area contributed by atoms with Crippen LogP contribution in [0, 0.1) is 6.92 Å². The molecule has 3 N–H and O–H groups in total. The third kappa shape index (κ3) is 3.94. The quantitative estimate of drug-likeness (QED) is 0.569. The molecule has 0 unspecified atom stereocenters. The first-order chi connectivity index (χ1) is 13.3. The third-order valence-corrected chi connectivity index (χ3v) is 4.33. The zero-order valence-corrected chi connectivity index (χ0v) is 16.1. The number of carboxylic acid groups (broad SMARTS) is 1. The van der Waals surface area contributed by atoms with Gasteiger partial charge in [-0.3, -0.25) is 9.59 Å². The van der Waals surface area contributed by atoms with Crippen LogP contribution in [0.25, 0.3) is 5.69 Å². The Morgan fingerprint density at radius 3 is 2.57 bits per heavy atom. The molecule has 0 saturated carbocycles. The highest BCUT2D eigenvalue weighted by Crippen LogP contribution is 2.23. The fraction of sp³-hybridized carbons (Fsp3) is 0.0526. The molecule has 2 aromatic carbocycles. The molecule has 0 bridgehead atoms. The molecule has 9 heteroatoms. The van der Waals surface area contributed by atoms with Crippen LogP contribution in [0.4, 0.5) is 5.69 Å². The molecule has 1 heterocycles. The highest BCUT2D eigenvalue weighted by atomic mass is 79.9. The Morgan fingerprint density at radius 1 is 1.14 bits per heavy atom. The van der Waals surface area contributed by atoms with Crippen molar-refractivity contribution in [2.75, 3.05) is 5.32 Å². The van der Waals surface area contributed by atoms with Crippen molar-refractivity contribution < 1.29 is 19.8 Å². The molecule has 3 aromatic rings. The van der Waals surface area contributed by atoms with Gasteiger partial charge in [0, 0.05) is 10.5 Å². The molecule has 0 fully saturated rings. The van der Waals surface area contributed by atoms with Crippen molar-refractivity contribution in [1.29, 1.82) is 0 Å². The Labute approximate surface area is 167 Å². The molecule has 1 aromatic heterocycles. The number of aromatic carboxylic acids is 1. The number of amides is 1. The van der Waals surface area contributed by atoms with E-state index >= 15 is 0 Å². The summed E-state index contributed by atoms with van der Waals surface area (Å²) in [4.78, 5) is 36.2. The van der Waals surface area contributed by atoms with Gasteiger partial charge >= 0.3 is 5.97 Å². The van der Waals surface area contributed by atoms with E-state index in [4.69, 9.17) is 0 Å². The lowest BCUT2D eigenvalue weighted by molar-refractivity contribution is 0.0698. The minimum atomic E-state index is -1.24. The number of aromatic hydroxyl groups is 1. The van der Waals surface area contributed by atoms with Crippen molar-refractivity contribution in [2.45, 2.75) is 6.92 Å². The number of carbonyl (C=O) groups is 2. The molecule has 8 nitrogen and oxygen atoms in total. The summed E-state index contributed by atoms with van der Waals surface area (Å²) in [5.41, 5.74) is 0.152. The molecule has 1 amide bonds. The number of hydrogen-bond acceptors (Lipinski definition) is 5. The van der Waals surface area contributed by atoms with E-state index in [0.717, 1.165) is 16.3 Å². The molecule has 0 atom stereocenters. The number of benzene rings is 2. The first-order valence-corrected chi connectivity index (χ1v) is 8.80. The SMILES string of the molecule is Cc1cccc(-n2nc(C(=O)Nc3ccc(Br)cc3C(=O)O)c(O)cc2=O)c1. The van der Waals surface area contributed by atoms with E-state index < -0.39 is 28.9 Å². The number of carbonyl (C=O) groups excluding carboxylic acids is 1. The lowest BCUT2D eigenvalue weighted by atomic mass is 10.1. The van der Waals surface area contributed by atoms with Crippen LogP contribution in [0.5, 0.6) is 5.75 Å². The van der Waals surface area contributed by atoms with E-state index in [-0.39, 0.29) is 11.3 Å². The average Bonchev–Trinajstić information content (AvgIpc) is 2.63. The fourth-order valence-electron chi connectivity index (χ4n) is 2.54. The van der Waals surface area contributed by atoms with Crippen LogP contribution >= 0.6 is 15.9 Å². The Hall–Kier alpha value is -3.46. The molecule has 3 rings (SSSR count). The molecule has 0 aliphatic heterocycles. The molecule has 0 aliphatic carbocycles. The lowest BCUT2D eigenvalue weighted by Crippen LogP contribution is -2.25. The van der Waals surface area contributed by atoms with Crippen LogP contribution in [0.2, 0.25) is 0 Å². The number of nitrogens with zero attached hydrogens (tertiary/aromatic N) is 2. The Balaban J connectivity index is 2.03. The Bertz CT molecular complexity index is 1160. The van der Waals surface area contributed by atoms with Gasteiger partial charge in [0.2, 0.25) is 0 Å². The van der Waals surface area contributed by atoms with E-state index in [2.05, 4.69) is 26.3 Å². The first-order valence-electron chi connectivity index (χ1n) is 8.01. The van der Waals surface area contributed by atoms with Crippen molar-refractivity contribution >= 4 is 33.5 Å². The highest BCUT2D eigenvalue weighted by molar-refractivity contribution is 9.10. The van der Waals surface area contributed by atoms with Gasteiger partial charge in [-0.25, -0.2) is 4.79 Å². The molecule has 0 radical (unpaired) electrons. The molecular weight excluding hydrogens is 430 g/mol. The molecule has 0 saturated heterocycles. The molecule has 142 valence electrons. The van der Waals surface area contributed by atoms with E-state index in [1.54, 1.807) is 24.3 Å². The number of aromatic nitrogens is 2. The van der Waals surface area contributed by atoms with E-state index in [9.17, 15) is 24.6 Å². The predicted octanol–water partition coefficient (Wildman–Crippen LogP) is 2.96. The maximum absolute atomic E-state index is 12.6. The molecule has 0 spiro atoms. The number of rotatable bonds is 4. The van der Waals surface area contributed by atoms with Gasteiger partial charge in [-0.15, -0.1) is 0 Å². The van der Waals surface area contributed by atoms with Crippen molar-refractivity contribution in [2.24, 2.45) is 0 Å². The van der Waals surface area contributed by atoms with E-state index in [0.29, 0.717) is 10.2 Å². The van der Waals surface area contributed by atoms with E-state index in [1.165, 1.54) is 12.1 Å². The van der Waals surface area contributed by atoms with Gasteiger partial charge < -0.3 is 15.5 Å². The molecular formula is C19H14BrN3O5. The van der Waals surface area contributed by atoms with Gasteiger partial charge in [0.1, 0.15) is 0 Å². The number of aryl methyl sites for hydroxylation is 1. The summed E-state index contributed by atoms with van der Waals surface area (Å²) in [6, 6.07) is 12.1. The summed E-state index contributed by atoms with van der Waals surface area (Å²) in [6.45, 7) is 1.84. The van der Waals surface area contributed by atoms with Crippen LogP contribution in [0.1, 0.15) is 26.4 Å². The van der Waals surface area contributed by atoms with Gasteiger partial charge in [-0.1, -0.05) is 28.1 Å². The average molecular weight is 444 g/mol. The highest BCUT2D eigenvalue weighted by Gasteiger charge is 2.20. The van der Waals surface area contributed by atoms with Crippen molar-refractivity contribution in [3.8, 4) is 11.4 Å². The van der Waals surface area contributed by atoms with Crippen molar-refractivity contribution in [3.63, 3.8) is 0 Å². The maximum atomic E-state index is 12.6. The van der Waals surface area contributed by atoms with Crippen molar-refractivity contribution in [3.05, 3.63) is 80.2 Å². The third-order valence-electron chi connectivity index (χ3n) is 3.83. The monoisotopic (exact) mass is 443 g/mol. The summed E-state index contributed by atoms with van der Waals surface area (Å²) < 4.78 is 1.51. The molecule has 28 heavy (non-hydrogen) atoms. The predicted molar refractivity (Wildman–Crippen MR) is 105 cm³/mol. The van der Waals surface area contributed by atoms with Crippen LogP contribution in [0.15, 0.2) is 57.8 Å². The second-order valence-electron chi connectivity index (χ2n) is 5.92. The smallest absolute Gasteiger partial charge is 0.337 e. The van der Waals surface area contributed by atoms with Gasteiger partial charge in [-0.05, 0) is 42.8 Å². The Morgan fingerprint density at radius 2 is 1.89 bits per heavy atom. The summed E-state index contributed by atoms with van der Waals surface area (Å²) in [6.07, 6.45) is 0. The zero-order chi connectivity index (χ0) is 20.4. The number of carboxylic acids is 1. The second kappa shape index (κ2) is 7.65. The molecule has 0 aliphatic rings. The lowest BCUT2D eigenvalue weighted by Gasteiger charge is -2.11. The number of halogens is 1. The number of nitrogens with one attached hydrogen (secondary N) is 1. The van der Waals surface area contributed by atoms with Crippen LogP contribution in [-0.4, -0.2) is 31.9 Å². The summed E-state index contributed by atoms with van der Waals surface area (Å²) in [7, 11) is 0. The summed E-state index contributed by atoms with van der Waals surface area (Å²) in [5, 5.41) is 25.7. The van der Waals surface area contributed by atoms with Crippen LogP contribution in [-0.2, 0) is 0 Å². The zero-order valence-electron chi connectivity index (χ0n) is 14.5. The van der Waals surface area contributed by atoms with Crippen LogP contribution in [0.3, 0.4) is 0 Å². The van der Waals surface area contributed by atoms with Crippen molar-refractivity contribution in [1.82, 2.24) is 9.78 Å². The number of hydrogen-bond donors (Lipinski definition) is 3. The van der Waals surface area contributed by atoms with Gasteiger partial charge in [0.05, 0.1) is 16.9 Å². The summed E-state index contributed by atoms with van der Waals surface area (Å²) in [5.74, 6) is -2.71. The van der Waals surface area contributed by atoms with E-state index in [1.807, 2.05) is 13.0 Å².